The average Bonchev–Trinajstić information content (AvgIpc) is 2.20. The Morgan fingerprint density at radius 2 is 1.00 bits per heavy atom. The molecule has 23 heavy (non-hydrogen) atoms. The van der Waals surface area contributed by atoms with Gasteiger partial charge in [-0.05, 0) is 0 Å². The second-order valence-electron chi connectivity index (χ2n) is 2.78. The van der Waals surface area contributed by atoms with Crippen molar-refractivity contribution in [3.8, 4) is 0 Å². The van der Waals surface area contributed by atoms with Gasteiger partial charge in [-0.3, -0.25) is 0 Å². The van der Waals surface area contributed by atoms with Crippen molar-refractivity contribution in [3.63, 3.8) is 0 Å². The van der Waals surface area contributed by atoms with Crippen LogP contribution in [0.2, 0.25) is 0 Å². The second-order valence-corrected chi connectivity index (χ2v) is 13.5. The van der Waals surface area contributed by atoms with Gasteiger partial charge in [0.15, 0.2) is 0 Å². The fourth-order valence-corrected chi connectivity index (χ4v) is 11.3. The number of hydrogen-bond donors (Lipinski definition) is 0. The number of alkyl halides is 9. The summed E-state index contributed by atoms with van der Waals surface area (Å²) in [5.74, 6) is 0. The quantitative estimate of drug-likeness (QED) is 0.192. The molecule has 0 aromatic rings. The predicted octanol–water partition coefficient (Wildman–Crippen LogP) is 1.89. The van der Waals surface area contributed by atoms with Crippen LogP contribution in [-0.4, -0.2) is 56.4 Å². The number of rotatable bonds is 6. The fraction of sp³-hybridized carbons (Fsp3) is 1.00. The Balaban J connectivity index is 5.44. The summed E-state index contributed by atoms with van der Waals surface area (Å²) in [5.41, 5.74) is -18.0. The monoisotopic (exact) mass is 624 g/mol. The molecule has 0 aliphatic carbocycles. The van der Waals surface area contributed by atoms with Gasteiger partial charge in [-0.2, -0.15) is 0 Å². The Morgan fingerprint density at radius 3 is 1.22 bits per heavy atom. The van der Waals surface area contributed by atoms with E-state index in [-0.39, 0.29) is 0 Å². The van der Waals surface area contributed by atoms with Crippen molar-refractivity contribution in [2.24, 2.45) is 0 Å². The summed E-state index contributed by atoms with van der Waals surface area (Å²) < 4.78 is 158. The van der Waals surface area contributed by atoms with E-state index in [4.69, 9.17) is 0 Å². The zero-order valence-electron chi connectivity index (χ0n) is 9.43. The molecule has 140 valence electrons. The van der Waals surface area contributed by atoms with E-state index in [1.165, 1.54) is 0 Å². The number of halogens is 9. The first-order chi connectivity index (χ1) is 9.79. The van der Waals surface area contributed by atoms with E-state index in [1.54, 1.807) is 0 Å². The molecule has 0 rings (SSSR count). The normalized spacial score (nSPS) is 15.2. The molecule has 0 saturated heterocycles. The van der Waals surface area contributed by atoms with Crippen LogP contribution in [0, 0.1) is 0 Å². The SMILES string of the molecule is O=S(=O)([O][Bi]([O]SC(F)(F)F)[O]S(=O)(=O)C(F)(F)F)C(F)(F)F. The molecule has 0 aromatic heterocycles. The third-order valence-electron chi connectivity index (χ3n) is 1.08. The van der Waals surface area contributed by atoms with Crippen LogP contribution in [0.5, 0.6) is 0 Å². The van der Waals surface area contributed by atoms with Gasteiger partial charge in [-0.1, -0.05) is 0 Å². The maximum absolute atomic E-state index is 11.9. The molecule has 0 radical (unpaired) electrons. The van der Waals surface area contributed by atoms with Crippen molar-refractivity contribution in [1.29, 1.82) is 0 Å². The second kappa shape index (κ2) is 7.32. The molecule has 0 atom stereocenters. The van der Waals surface area contributed by atoms with Crippen LogP contribution >= 0.6 is 12.0 Å². The Morgan fingerprint density at radius 1 is 0.696 bits per heavy atom. The molecule has 7 nitrogen and oxygen atoms in total. The minimum absolute atomic E-state index is 1.78. The first-order valence-corrected chi connectivity index (χ1v) is 11.8. The average molecular weight is 624 g/mol. The van der Waals surface area contributed by atoms with E-state index in [1.807, 2.05) is 0 Å². The van der Waals surface area contributed by atoms with Crippen LogP contribution in [0.25, 0.3) is 0 Å². The van der Waals surface area contributed by atoms with Gasteiger partial charge < -0.3 is 0 Å². The third kappa shape index (κ3) is 7.87. The van der Waals surface area contributed by atoms with Crippen molar-refractivity contribution in [3.05, 3.63) is 0 Å². The first kappa shape index (κ1) is 23.4. The van der Waals surface area contributed by atoms with Crippen LogP contribution < -0.4 is 0 Å². The van der Waals surface area contributed by atoms with Gasteiger partial charge in [0.05, 0.1) is 0 Å². The van der Waals surface area contributed by atoms with Gasteiger partial charge in [0.25, 0.3) is 0 Å². The van der Waals surface area contributed by atoms with Gasteiger partial charge in [0.1, 0.15) is 0 Å². The predicted molar refractivity (Wildman–Crippen MR) is 52.6 cm³/mol. The van der Waals surface area contributed by atoms with E-state index in [2.05, 4.69) is 6.78 Å². The summed E-state index contributed by atoms with van der Waals surface area (Å²) in [6.07, 6.45) is 0. The van der Waals surface area contributed by atoms with Crippen LogP contribution in [0.3, 0.4) is 0 Å². The molecule has 0 spiro atoms. The topological polar surface area (TPSA) is 96.0 Å². The van der Waals surface area contributed by atoms with E-state index in [0.29, 0.717) is 0 Å². The Bertz CT molecular complexity index is 556. The zero-order valence-corrected chi connectivity index (χ0v) is 15.4. The maximum atomic E-state index is 11.9. The molecule has 0 N–H and O–H groups in total. The summed E-state index contributed by atoms with van der Waals surface area (Å²) in [6, 6.07) is 0. The Hall–Kier alpha value is 0.383. The Labute approximate surface area is 135 Å². The van der Waals surface area contributed by atoms with Crippen molar-refractivity contribution in [2.45, 2.75) is 16.5 Å². The van der Waals surface area contributed by atoms with Crippen LogP contribution in [0.1, 0.15) is 0 Å². The van der Waals surface area contributed by atoms with Crippen molar-refractivity contribution >= 4 is 55.4 Å². The van der Waals surface area contributed by atoms with Gasteiger partial charge >= 0.3 is 135 Å². The van der Waals surface area contributed by atoms with E-state index in [0.717, 1.165) is 0 Å². The molecule has 0 aliphatic heterocycles. The zero-order chi connectivity index (χ0) is 18.9. The molecular weight excluding hydrogens is 624 g/mol. The molecule has 0 amide bonds. The summed E-state index contributed by atoms with van der Waals surface area (Å²) in [4.78, 5) is 0. The third-order valence-corrected chi connectivity index (χ3v) is 12.9. The summed E-state index contributed by atoms with van der Waals surface area (Å²) >= 11 is -8.18. The molecule has 0 aliphatic rings. The van der Waals surface area contributed by atoms with Crippen LogP contribution in [-0.2, 0) is 27.0 Å². The van der Waals surface area contributed by atoms with E-state index in [9.17, 15) is 56.3 Å². The molecule has 0 heterocycles. The standard InChI is InChI=1S/2CHF3O3S.CHF3OS.Bi/c2*2-1(3,4)8(5,6)7;2-1(3,4)6-5;/h2*(H,5,6,7);5H;/q;;;+3/p-3. The van der Waals surface area contributed by atoms with Crippen LogP contribution in [0.15, 0.2) is 0 Å². The van der Waals surface area contributed by atoms with E-state index >= 15 is 0 Å². The first-order valence-electron chi connectivity index (χ1n) is 4.03. The van der Waals surface area contributed by atoms with Gasteiger partial charge in [-0.15, -0.1) is 0 Å². The van der Waals surface area contributed by atoms with Crippen molar-refractivity contribution in [1.82, 2.24) is 0 Å². The minimum atomic E-state index is -6.75. The molecule has 0 saturated carbocycles. The summed E-state index contributed by atoms with van der Waals surface area (Å²) in [7, 11) is -13.5. The molecule has 0 unspecified atom stereocenters. The molecule has 0 bridgehead atoms. The van der Waals surface area contributed by atoms with Crippen molar-refractivity contribution < 1.29 is 63.1 Å². The van der Waals surface area contributed by atoms with Gasteiger partial charge in [-0.25, -0.2) is 0 Å². The molecule has 20 heteroatoms. The van der Waals surface area contributed by atoms with Gasteiger partial charge in [0.2, 0.25) is 0 Å². The van der Waals surface area contributed by atoms with E-state index < -0.39 is 71.9 Å². The van der Waals surface area contributed by atoms with Crippen LogP contribution in [0.4, 0.5) is 39.5 Å². The molecule has 0 aromatic carbocycles. The molecular formula is C3BiF9O7S3. The summed E-state index contributed by atoms with van der Waals surface area (Å²) in [5, 5.41) is 0. The Kier molecular flexibility index (Phi) is 7.45. The molecule has 0 fully saturated rings. The summed E-state index contributed by atoms with van der Waals surface area (Å²) in [6.45, 7) is 0. The van der Waals surface area contributed by atoms with Crippen molar-refractivity contribution in [2.75, 3.05) is 0 Å². The fourth-order valence-electron chi connectivity index (χ4n) is 0.355. The van der Waals surface area contributed by atoms with Gasteiger partial charge in [0, 0.05) is 0 Å². The number of hydrogen-bond acceptors (Lipinski definition) is 8.